The molecule has 0 spiro atoms. The Morgan fingerprint density at radius 1 is 1.29 bits per heavy atom. The number of aromatic nitrogens is 2. The number of nitrogens with zero attached hydrogens (tertiary/aromatic N) is 2. The van der Waals surface area contributed by atoms with Crippen LogP contribution < -0.4 is 11.1 Å². The van der Waals surface area contributed by atoms with Gasteiger partial charge in [0.15, 0.2) is 5.82 Å². The average Bonchev–Trinajstić information content (AvgIpc) is 3.36. The van der Waals surface area contributed by atoms with Gasteiger partial charge in [-0.25, -0.2) is 0 Å². The van der Waals surface area contributed by atoms with E-state index in [0.29, 0.717) is 10.4 Å². The van der Waals surface area contributed by atoms with Crippen molar-refractivity contribution < 1.29 is 0 Å². The van der Waals surface area contributed by atoms with E-state index in [1.165, 1.54) is 25.7 Å². The van der Waals surface area contributed by atoms with Crippen molar-refractivity contribution in [2.24, 2.45) is 17.1 Å². The molecule has 0 saturated heterocycles. The fourth-order valence-electron chi connectivity index (χ4n) is 3.41. The van der Waals surface area contributed by atoms with Crippen molar-refractivity contribution in [1.29, 1.82) is 0 Å². The van der Waals surface area contributed by atoms with Gasteiger partial charge in [0.05, 0.1) is 11.3 Å². The topological polar surface area (TPSA) is 63.8 Å². The molecule has 0 bridgehead atoms. The zero-order valence-corrected chi connectivity index (χ0v) is 13.7. The third kappa shape index (κ3) is 2.76. The van der Waals surface area contributed by atoms with Crippen molar-refractivity contribution >= 4 is 23.0 Å². The van der Waals surface area contributed by atoms with Crippen molar-refractivity contribution in [2.45, 2.75) is 52.4 Å². The van der Waals surface area contributed by atoms with Gasteiger partial charge < -0.3 is 11.1 Å². The highest BCUT2D eigenvalue weighted by atomic mass is 32.1. The van der Waals surface area contributed by atoms with E-state index in [1.807, 2.05) is 0 Å². The molecule has 5 heteroatoms. The Kier molecular flexibility index (Phi) is 3.86. The number of anilines is 1. The van der Waals surface area contributed by atoms with Gasteiger partial charge in [-0.15, -0.1) is 5.10 Å². The number of hydrogen-bond acceptors (Lipinski definition) is 4. The van der Waals surface area contributed by atoms with Gasteiger partial charge in [-0.05, 0) is 55.4 Å². The lowest BCUT2D eigenvalue weighted by atomic mass is 10.00. The molecule has 0 aliphatic heterocycles. The maximum absolute atomic E-state index is 5.97. The molecule has 4 nitrogen and oxygen atoms in total. The normalized spacial score (nSPS) is 19.3. The number of nitrogens with one attached hydrogen (secondary N) is 1. The first kappa shape index (κ1) is 14.7. The van der Waals surface area contributed by atoms with Crippen LogP contribution in [0, 0.1) is 11.3 Å². The molecular weight excluding hydrogens is 280 g/mol. The van der Waals surface area contributed by atoms with Gasteiger partial charge in [-0.2, -0.15) is 5.10 Å². The first-order valence-electron chi connectivity index (χ1n) is 8.03. The van der Waals surface area contributed by atoms with Crippen molar-refractivity contribution in [3.63, 3.8) is 0 Å². The minimum absolute atomic E-state index is 0.426. The Morgan fingerprint density at radius 2 is 2.00 bits per heavy atom. The molecule has 3 rings (SSSR count). The van der Waals surface area contributed by atoms with Crippen LogP contribution in [0.3, 0.4) is 0 Å². The Bertz CT molecular complexity index is 562. The number of rotatable bonds is 7. The van der Waals surface area contributed by atoms with Gasteiger partial charge in [0.25, 0.3) is 0 Å². The molecule has 3 N–H and O–H groups in total. The quantitative estimate of drug-likeness (QED) is 0.758. The fourth-order valence-corrected chi connectivity index (χ4v) is 3.63. The summed E-state index contributed by atoms with van der Waals surface area (Å²) in [5, 5.41) is 12.2. The Labute approximate surface area is 131 Å². The van der Waals surface area contributed by atoms with Gasteiger partial charge in [-0.3, -0.25) is 0 Å². The zero-order valence-electron chi connectivity index (χ0n) is 12.9. The molecule has 1 aromatic rings. The van der Waals surface area contributed by atoms with Crippen LogP contribution in [0.4, 0.5) is 5.82 Å². The van der Waals surface area contributed by atoms with E-state index in [4.69, 9.17) is 18.0 Å². The lowest BCUT2D eigenvalue weighted by molar-refractivity contribution is 0.466. The summed E-state index contributed by atoms with van der Waals surface area (Å²) in [6.45, 7) is 5.19. The molecule has 2 aliphatic rings. The summed E-state index contributed by atoms with van der Waals surface area (Å²) < 4.78 is 0. The molecule has 0 amide bonds. The van der Waals surface area contributed by atoms with E-state index in [1.54, 1.807) is 0 Å². The predicted octanol–water partition coefficient (Wildman–Crippen LogP) is 2.84. The number of nitrogens with two attached hydrogens (primary N) is 1. The molecule has 114 valence electrons. The molecule has 0 aromatic carbocycles. The molecule has 0 radical (unpaired) electrons. The van der Waals surface area contributed by atoms with Crippen LogP contribution in [0.15, 0.2) is 0 Å². The second kappa shape index (κ2) is 5.52. The van der Waals surface area contributed by atoms with Gasteiger partial charge in [0, 0.05) is 6.54 Å². The summed E-state index contributed by atoms with van der Waals surface area (Å²) in [6, 6.07) is 0. The third-order valence-corrected chi connectivity index (χ3v) is 5.24. The number of aryl methyl sites for hydroxylation is 1. The van der Waals surface area contributed by atoms with Crippen molar-refractivity contribution in [3.05, 3.63) is 16.8 Å². The van der Waals surface area contributed by atoms with Gasteiger partial charge in [0.2, 0.25) is 0 Å². The maximum atomic E-state index is 5.97. The monoisotopic (exact) mass is 304 g/mol. The molecule has 2 fully saturated rings. The summed E-state index contributed by atoms with van der Waals surface area (Å²) in [4.78, 5) is 0.426. The summed E-state index contributed by atoms with van der Waals surface area (Å²) in [5.41, 5.74) is 9.55. The standard InChI is InChI=1S/C16H24N4S/c1-3-11-12(4-2)19-20-15(13(11)14(17)21)18-9-16(7-8-16)10-5-6-10/h10H,3-9H2,1-2H3,(H2,17,21)(H,18,20). The third-order valence-electron chi connectivity index (χ3n) is 5.04. The molecule has 1 heterocycles. The molecule has 2 aliphatic carbocycles. The molecular formula is C16H24N4S. The number of hydrogen-bond donors (Lipinski definition) is 2. The van der Waals surface area contributed by atoms with E-state index in [0.717, 1.165) is 47.9 Å². The van der Waals surface area contributed by atoms with Crippen LogP contribution in [0.1, 0.15) is 56.4 Å². The smallest absolute Gasteiger partial charge is 0.159 e. The highest BCUT2D eigenvalue weighted by Crippen LogP contribution is 2.61. The second-order valence-corrected chi connectivity index (χ2v) is 6.85. The van der Waals surface area contributed by atoms with Crippen LogP contribution in [-0.4, -0.2) is 21.7 Å². The molecule has 21 heavy (non-hydrogen) atoms. The minimum atomic E-state index is 0.426. The van der Waals surface area contributed by atoms with Crippen LogP contribution in [0.2, 0.25) is 0 Å². The van der Waals surface area contributed by atoms with Gasteiger partial charge >= 0.3 is 0 Å². The Balaban J connectivity index is 1.85. The molecule has 0 unspecified atom stereocenters. The predicted molar refractivity (Wildman–Crippen MR) is 89.6 cm³/mol. The number of thiocarbonyl (C=S) groups is 1. The second-order valence-electron chi connectivity index (χ2n) is 6.41. The summed E-state index contributed by atoms with van der Waals surface area (Å²) in [7, 11) is 0. The lowest BCUT2D eigenvalue weighted by Crippen LogP contribution is -2.23. The van der Waals surface area contributed by atoms with Crippen LogP contribution in [0.25, 0.3) is 0 Å². The van der Waals surface area contributed by atoms with E-state index >= 15 is 0 Å². The van der Waals surface area contributed by atoms with Crippen LogP contribution >= 0.6 is 12.2 Å². The van der Waals surface area contributed by atoms with E-state index < -0.39 is 0 Å². The minimum Gasteiger partial charge on any atom is -0.389 e. The fraction of sp³-hybridized carbons (Fsp3) is 0.688. The molecule has 2 saturated carbocycles. The first-order valence-corrected chi connectivity index (χ1v) is 8.44. The van der Waals surface area contributed by atoms with Crippen LogP contribution in [0.5, 0.6) is 0 Å². The highest BCUT2D eigenvalue weighted by Gasteiger charge is 2.53. The zero-order chi connectivity index (χ0) is 15.0. The van der Waals surface area contributed by atoms with Crippen molar-refractivity contribution in [2.75, 3.05) is 11.9 Å². The largest absolute Gasteiger partial charge is 0.389 e. The summed E-state index contributed by atoms with van der Waals surface area (Å²) in [6.07, 6.45) is 7.21. The van der Waals surface area contributed by atoms with E-state index in [-0.39, 0.29) is 0 Å². The molecule has 0 atom stereocenters. The van der Waals surface area contributed by atoms with E-state index in [2.05, 4.69) is 29.4 Å². The average molecular weight is 304 g/mol. The van der Waals surface area contributed by atoms with Gasteiger partial charge in [0.1, 0.15) is 4.99 Å². The van der Waals surface area contributed by atoms with Gasteiger partial charge in [-0.1, -0.05) is 26.1 Å². The summed E-state index contributed by atoms with van der Waals surface area (Å²) in [5.74, 6) is 1.70. The lowest BCUT2D eigenvalue weighted by Gasteiger charge is -2.19. The first-order chi connectivity index (χ1) is 10.1. The Hall–Kier alpha value is -1.23. The van der Waals surface area contributed by atoms with E-state index in [9.17, 15) is 0 Å². The highest BCUT2D eigenvalue weighted by molar-refractivity contribution is 7.80. The maximum Gasteiger partial charge on any atom is 0.159 e. The Morgan fingerprint density at radius 3 is 2.48 bits per heavy atom. The molecule has 1 aromatic heterocycles. The summed E-state index contributed by atoms with van der Waals surface area (Å²) >= 11 is 5.27. The SMILES string of the molecule is CCc1nnc(NCC2(C3CC3)CC2)c(C(N)=S)c1CC. The van der Waals surface area contributed by atoms with Crippen LogP contribution in [-0.2, 0) is 12.8 Å². The van der Waals surface area contributed by atoms with Crippen molar-refractivity contribution in [1.82, 2.24) is 10.2 Å². The van der Waals surface area contributed by atoms with Crippen molar-refractivity contribution in [3.8, 4) is 0 Å².